The molecule has 3 aromatic rings. The number of carbonyl (C=O) groups excluding carboxylic acids is 1. The minimum Gasteiger partial charge on any atom is -0.491 e. The molecule has 1 aliphatic heterocycles. The van der Waals surface area contributed by atoms with Gasteiger partial charge in [0, 0.05) is 39.0 Å². The zero-order valence-electron chi connectivity index (χ0n) is 20.4. The van der Waals surface area contributed by atoms with Crippen molar-refractivity contribution in [2.75, 3.05) is 13.1 Å². The van der Waals surface area contributed by atoms with Gasteiger partial charge >= 0.3 is 0 Å². The lowest BCUT2D eigenvalue weighted by Crippen LogP contribution is -2.30. The molecule has 0 radical (unpaired) electrons. The van der Waals surface area contributed by atoms with Crippen molar-refractivity contribution in [1.29, 1.82) is 0 Å². The highest BCUT2D eigenvalue weighted by molar-refractivity contribution is 5.76. The van der Waals surface area contributed by atoms with Crippen LogP contribution in [0.2, 0.25) is 0 Å². The van der Waals surface area contributed by atoms with Crippen molar-refractivity contribution in [1.82, 2.24) is 25.0 Å². The summed E-state index contributed by atoms with van der Waals surface area (Å²) in [6.07, 6.45) is 2.22. The predicted molar refractivity (Wildman–Crippen MR) is 133 cm³/mol. The van der Waals surface area contributed by atoms with Crippen molar-refractivity contribution in [3.8, 4) is 5.75 Å². The molecule has 34 heavy (non-hydrogen) atoms. The van der Waals surface area contributed by atoms with E-state index in [0.717, 1.165) is 56.4 Å². The van der Waals surface area contributed by atoms with Gasteiger partial charge in [-0.15, -0.1) is 10.2 Å². The molecule has 0 aliphatic carbocycles. The Kier molecular flexibility index (Phi) is 7.95. The number of amides is 1. The third kappa shape index (κ3) is 6.44. The lowest BCUT2D eigenvalue weighted by atomic mass is 10.1. The summed E-state index contributed by atoms with van der Waals surface area (Å²) in [5.74, 6) is 2.77. The summed E-state index contributed by atoms with van der Waals surface area (Å²) in [5, 5.41) is 12.0. The Hall–Kier alpha value is -3.19. The normalized spacial score (nSPS) is 14.9. The maximum absolute atomic E-state index is 12.5. The first-order valence-electron chi connectivity index (χ1n) is 12.2. The number of aryl methyl sites for hydroxylation is 1. The molecular formula is C27H35N5O2. The molecule has 1 amide bonds. The van der Waals surface area contributed by atoms with E-state index >= 15 is 0 Å². The van der Waals surface area contributed by atoms with Gasteiger partial charge in [0.15, 0.2) is 5.82 Å². The zero-order chi connectivity index (χ0) is 23.9. The van der Waals surface area contributed by atoms with E-state index in [2.05, 4.69) is 49.2 Å². The molecular weight excluding hydrogens is 426 g/mol. The summed E-state index contributed by atoms with van der Waals surface area (Å²) in [5.41, 5.74) is 2.44. The fraction of sp³-hybridized carbons (Fsp3) is 0.444. The van der Waals surface area contributed by atoms with Gasteiger partial charge in [-0.2, -0.15) is 0 Å². The number of hydrogen-bond donors (Lipinski definition) is 1. The Morgan fingerprint density at radius 1 is 0.971 bits per heavy atom. The van der Waals surface area contributed by atoms with Crippen LogP contribution in [-0.4, -0.2) is 44.8 Å². The quantitative estimate of drug-likeness (QED) is 0.523. The number of fused-ring (bicyclic) bond motifs is 1. The second-order valence-electron chi connectivity index (χ2n) is 9.24. The molecule has 180 valence electrons. The fourth-order valence-electron chi connectivity index (χ4n) is 4.35. The van der Waals surface area contributed by atoms with Crippen molar-refractivity contribution in [2.24, 2.45) is 0 Å². The molecule has 1 unspecified atom stereocenters. The molecule has 1 N–H and O–H groups in total. The maximum Gasteiger partial charge on any atom is 0.220 e. The maximum atomic E-state index is 12.5. The second kappa shape index (κ2) is 11.3. The third-order valence-electron chi connectivity index (χ3n) is 6.10. The fourth-order valence-corrected chi connectivity index (χ4v) is 4.35. The first kappa shape index (κ1) is 24.0. The summed E-state index contributed by atoms with van der Waals surface area (Å²) >= 11 is 0. The molecule has 4 rings (SSSR count). The summed E-state index contributed by atoms with van der Waals surface area (Å²) in [6.45, 7) is 9.61. The van der Waals surface area contributed by atoms with E-state index in [1.807, 2.05) is 51.1 Å². The Morgan fingerprint density at radius 3 is 2.47 bits per heavy atom. The summed E-state index contributed by atoms with van der Waals surface area (Å²) in [4.78, 5) is 15.0. The summed E-state index contributed by atoms with van der Waals surface area (Å²) in [6, 6.07) is 18.3. The highest BCUT2D eigenvalue weighted by Gasteiger charge is 2.22. The molecule has 1 aromatic heterocycles. The van der Waals surface area contributed by atoms with E-state index < -0.39 is 0 Å². The van der Waals surface area contributed by atoms with E-state index in [-0.39, 0.29) is 18.1 Å². The van der Waals surface area contributed by atoms with Crippen LogP contribution in [0.3, 0.4) is 0 Å². The van der Waals surface area contributed by atoms with Gasteiger partial charge in [0.1, 0.15) is 11.6 Å². The largest absolute Gasteiger partial charge is 0.491 e. The molecule has 1 atom stereocenters. The van der Waals surface area contributed by atoms with Crippen LogP contribution in [0.15, 0.2) is 54.6 Å². The number of nitrogens with zero attached hydrogens (tertiary/aromatic N) is 4. The molecule has 7 nitrogen and oxygen atoms in total. The van der Waals surface area contributed by atoms with Gasteiger partial charge in [0.25, 0.3) is 0 Å². The molecule has 7 heteroatoms. The number of aromatic nitrogens is 3. The number of rotatable bonds is 9. The average molecular weight is 462 g/mol. The number of benzene rings is 2. The number of ether oxygens (including phenoxy) is 1. The van der Waals surface area contributed by atoms with E-state index in [4.69, 9.17) is 4.74 Å². The molecule has 0 saturated heterocycles. The van der Waals surface area contributed by atoms with Gasteiger partial charge in [0.2, 0.25) is 5.91 Å². The van der Waals surface area contributed by atoms with Gasteiger partial charge in [-0.1, -0.05) is 42.5 Å². The first-order valence-corrected chi connectivity index (χ1v) is 12.2. The lowest BCUT2D eigenvalue weighted by Gasteiger charge is -2.20. The predicted octanol–water partition coefficient (Wildman–Crippen LogP) is 3.93. The third-order valence-corrected chi connectivity index (χ3v) is 6.10. The molecule has 2 aromatic carbocycles. The Bertz CT molecular complexity index is 1060. The number of carbonyl (C=O) groups is 1. The molecule has 0 bridgehead atoms. The highest BCUT2D eigenvalue weighted by Crippen LogP contribution is 2.19. The summed E-state index contributed by atoms with van der Waals surface area (Å²) < 4.78 is 7.93. The Balaban J connectivity index is 1.30. The highest BCUT2D eigenvalue weighted by atomic mass is 16.5. The minimum absolute atomic E-state index is 0.0360. The van der Waals surface area contributed by atoms with E-state index in [9.17, 15) is 4.79 Å². The van der Waals surface area contributed by atoms with Crippen molar-refractivity contribution >= 4 is 5.91 Å². The molecule has 0 saturated carbocycles. The smallest absolute Gasteiger partial charge is 0.220 e. The standard InChI is InChI=1S/C27H35N5O2/c1-20(2)34-24-12-9-23(10-13-24)19-31-16-15-25-29-30-27(32(25)18-17-31)21(3)28-26(33)14-11-22-7-5-4-6-8-22/h4-10,12-13,20-21H,11,14-19H2,1-3H3,(H,28,33). The minimum atomic E-state index is -0.176. The number of nitrogens with one attached hydrogen (secondary N) is 1. The van der Waals surface area contributed by atoms with Gasteiger partial charge in [0.05, 0.1) is 12.1 Å². The van der Waals surface area contributed by atoms with Crippen LogP contribution >= 0.6 is 0 Å². The summed E-state index contributed by atoms with van der Waals surface area (Å²) in [7, 11) is 0. The van der Waals surface area contributed by atoms with Crippen LogP contribution in [0, 0.1) is 0 Å². The van der Waals surface area contributed by atoms with E-state index in [1.165, 1.54) is 11.1 Å². The van der Waals surface area contributed by atoms with Crippen molar-refractivity contribution < 1.29 is 9.53 Å². The van der Waals surface area contributed by atoms with Crippen molar-refractivity contribution in [3.05, 3.63) is 77.4 Å². The first-order chi connectivity index (χ1) is 16.5. The Labute approximate surface area is 202 Å². The topological polar surface area (TPSA) is 72.3 Å². The molecule has 0 fully saturated rings. The van der Waals surface area contributed by atoms with Crippen molar-refractivity contribution in [2.45, 2.75) is 65.3 Å². The van der Waals surface area contributed by atoms with Crippen LogP contribution in [0.1, 0.15) is 56.0 Å². The lowest BCUT2D eigenvalue weighted by molar-refractivity contribution is -0.121. The van der Waals surface area contributed by atoms with Gasteiger partial charge in [-0.05, 0) is 50.5 Å². The van der Waals surface area contributed by atoms with Crippen molar-refractivity contribution in [3.63, 3.8) is 0 Å². The Morgan fingerprint density at radius 2 is 1.74 bits per heavy atom. The molecule has 1 aliphatic rings. The zero-order valence-corrected chi connectivity index (χ0v) is 20.4. The van der Waals surface area contributed by atoms with Gasteiger partial charge < -0.3 is 14.6 Å². The van der Waals surface area contributed by atoms with Crippen LogP contribution in [0.4, 0.5) is 0 Å². The average Bonchev–Trinajstić information content (AvgIpc) is 3.14. The molecule has 0 spiro atoms. The van der Waals surface area contributed by atoms with Crippen LogP contribution in [0.25, 0.3) is 0 Å². The van der Waals surface area contributed by atoms with Gasteiger partial charge in [-0.25, -0.2) is 0 Å². The monoisotopic (exact) mass is 461 g/mol. The SMILES string of the molecule is CC(C)Oc1ccc(CN2CCc3nnc(C(C)NC(=O)CCc4ccccc4)n3CC2)cc1. The van der Waals surface area contributed by atoms with Crippen LogP contribution < -0.4 is 10.1 Å². The number of hydrogen-bond acceptors (Lipinski definition) is 5. The van der Waals surface area contributed by atoms with Crippen LogP contribution in [0.5, 0.6) is 5.75 Å². The molecule has 2 heterocycles. The van der Waals surface area contributed by atoms with E-state index in [0.29, 0.717) is 6.42 Å². The second-order valence-corrected chi connectivity index (χ2v) is 9.24. The van der Waals surface area contributed by atoms with Crippen LogP contribution in [-0.2, 0) is 30.7 Å². The van der Waals surface area contributed by atoms with Gasteiger partial charge in [-0.3, -0.25) is 9.69 Å². The van der Waals surface area contributed by atoms with E-state index in [1.54, 1.807) is 0 Å².